The van der Waals surface area contributed by atoms with Crippen molar-refractivity contribution in [2.24, 2.45) is 0 Å². The standard InChI is InChI=1S/C23H23N3Se/c1-25(2)17-8-10-19-21(13-17)27-22-14-18(26(3)4)9-11-20(22)23(19)15-6-5-7-16(24)12-15/h5-14H,1,24H2,2-4H3/q+2. The summed E-state index contributed by atoms with van der Waals surface area (Å²) in [6.45, 7) is 4.04. The first-order valence-corrected chi connectivity index (χ1v) is 10.6. The van der Waals surface area contributed by atoms with Crippen LogP contribution in [0.3, 0.4) is 0 Å². The van der Waals surface area contributed by atoms with Crippen molar-refractivity contribution in [3.8, 4) is 21.1 Å². The topological polar surface area (TPSA) is 32.0 Å². The predicted molar refractivity (Wildman–Crippen MR) is 117 cm³/mol. The van der Waals surface area contributed by atoms with Crippen LogP contribution in [0.4, 0.5) is 11.4 Å². The fourth-order valence-corrected chi connectivity index (χ4v) is 5.81. The molecule has 1 aliphatic carbocycles. The molecule has 0 amide bonds. The minimum absolute atomic E-state index is 0.243. The van der Waals surface area contributed by atoms with Gasteiger partial charge in [0.1, 0.15) is 0 Å². The van der Waals surface area contributed by atoms with Crippen molar-refractivity contribution >= 4 is 42.2 Å². The van der Waals surface area contributed by atoms with Crippen molar-refractivity contribution in [1.82, 2.24) is 4.58 Å². The van der Waals surface area contributed by atoms with Crippen LogP contribution in [0.1, 0.15) is 0 Å². The van der Waals surface area contributed by atoms with E-state index in [1.165, 1.54) is 36.1 Å². The quantitative estimate of drug-likeness (QED) is 0.174. The van der Waals surface area contributed by atoms with Crippen molar-refractivity contribution in [1.29, 1.82) is 0 Å². The van der Waals surface area contributed by atoms with Gasteiger partial charge < -0.3 is 0 Å². The Hall–Kier alpha value is -2.68. The van der Waals surface area contributed by atoms with Gasteiger partial charge in [-0.2, -0.15) is 0 Å². The molecule has 1 heterocycles. The molecule has 27 heavy (non-hydrogen) atoms. The van der Waals surface area contributed by atoms with Crippen LogP contribution in [0.2, 0.25) is 0 Å². The summed E-state index contributed by atoms with van der Waals surface area (Å²) in [5.74, 6) is 0. The molecule has 134 valence electrons. The van der Waals surface area contributed by atoms with Crippen LogP contribution in [0.5, 0.6) is 0 Å². The fraction of sp³-hybridized carbons (Fsp3) is 0.130. The number of rotatable bonds is 2. The third-order valence-corrected chi connectivity index (χ3v) is 7.16. The van der Waals surface area contributed by atoms with Gasteiger partial charge in [-0.25, -0.2) is 0 Å². The number of nitrogen functional groups attached to an aromatic ring is 1. The Morgan fingerprint density at radius 3 is 2.44 bits per heavy atom. The van der Waals surface area contributed by atoms with Crippen LogP contribution in [-0.2, 0) is 0 Å². The maximum atomic E-state index is 6.10. The second-order valence-electron chi connectivity index (χ2n) is 7.06. The Morgan fingerprint density at radius 1 is 0.926 bits per heavy atom. The Morgan fingerprint density at radius 2 is 1.74 bits per heavy atom. The first-order chi connectivity index (χ1) is 12.9. The van der Waals surface area contributed by atoms with E-state index >= 15 is 0 Å². The molecule has 2 N–H and O–H groups in total. The molecule has 0 saturated heterocycles. The van der Waals surface area contributed by atoms with Crippen LogP contribution in [0.15, 0.2) is 60.7 Å². The number of nitrogens with zero attached hydrogens (tertiary/aromatic N) is 2. The van der Waals surface area contributed by atoms with Gasteiger partial charge in [0.2, 0.25) is 0 Å². The summed E-state index contributed by atoms with van der Waals surface area (Å²) in [4.78, 5) is 0. The molecule has 0 saturated carbocycles. The van der Waals surface area contributed by atoms with Gasteiger partial charge >= 0.3 is 165 Å². The Labute approximate surface area is 165 Å². The van der Waals surface area contributed by atoms with E-state index in [1.807, 2.05) is 23.8 Å². The number of anilines is 1. The van der Waals surface area contributed by atoms with Crippen molar-refractivity contribution in [3.05, 3.63) is 66.0 Å². The number of hydrogen-bond donors (Lipinski definition) is 1. The zero-order valence-electron chi connectivity index (χ0n) is 15.9. The minimum atomic E-state index is 0.243. The molecule has 0 aromatic heterocycles. The van der Waals surface area contributed by atoms with E-state index in [0.717, 1.165) is 11.4 Å². The summed E-state index contributed by atoms with van der Waals surface area (Å²) >= 11 is 0.243. The van der Waals surface area contributed by atoms with Gasteiger partial charge in [-0.15, -0.1) is 0 Å². The molecule has 0 atom stereocenters. The molecule has 2 aliphatic rings. The van der Waals surface area contributed by atoms with E-state index in [9.17, 15) is 0 Å². The second kappa shape index (κ2) is 6.80. The number of hydrogen-bond acceptors (Lipinski definition) is 1. The van der Waals surface area contributed by atoms with Crippen molar-refractivity contribution in [2.75, 3.05) is 26.9 Å². The molecule has 3 nitrogen and oxygen atoms in total. The van der Waals surface area contributed by atoms with Gasteiger partial charge in [-0.1, -0.05) is 0 Å². The first kappa shape index (κ1) is 17.7. The van der Waals surface area contributed by atoms with Crippen molar-refractivity contribution in [3.63, 3.8) is 0 Å². The van der Waals surface area contributed by atoms with Gasteiger partial charge in [0.15, 0.2) is 0 Å². The van der Waals surface area contributed by atoms with Crippen LogP contribution in [0.25, 0.3) is 30.8 Å². The zero-order valence-corrected chi connectivity index (χ0v) is 17.6. The van der Waals surface area contributed by atoms with E-state index in [1.54, 1.807) is 0 Å². The van der Waals surface area contributed by atoms with Crippen LogP contribution in [-0.4, -0.2) is 46.9 Å². The molecule has 2 aromatic rings. The van der Waals surface area contributed by atoms with Gasteiger partial charge in [-0.05, 0) is 0 Å². The van der Waals surface area contributed by atoms with Crippen LogP contribution >= 0.6 is 0 Å². The summed E-state index contributed by atoms with van der Waals surface area (Å²) in [6.07, 6.45) is 0. The third-order valence-electron chi connectivity index (χ3n) is 4.82. The second-order valence-corrected chi connectivity index (χ2v) is 9.33. The molecule has 0 fully saturated rings. The molecule has 0 spiro atoms. The van der Waals surface area contributed by atoms with E-state index in [4.69, 9.17) is 5.73 Å². The van der Waals surface area contributed by atoms with Crippen LogP contribution < -0.4 is 15.7 Å². The monoisotopic (exact) mass is 421 g/mol. The van der Waals surface area contributed by atoms with Gasteiger partial charge in [0.05, 0.1) is 0 Å². The Balaban J connectivity index is 2.17. The fourth-order valence-electron chi connectivity index (χ4n) is 3.39. The molecular weight excluding hydrogens is 397 g/mol. The molecule has 4 rings (SSSR count). The van der Waals surface area contributed by atoms with Gasteiger partial charge in [0.25, 0.3) is 0 Å². The van der Waals surface area contributed by atoms with Crippen molar-refractivity contribution in [2.45, 2.75) is 0 Å². The number of benzene rings is 3. The average Bonchev–Trinajstić information content (AvgIpc) is 2.64. The molecular formula is C23H23N3Se+2. The third kappa shape index (κ3) is 3.23. The summed E-state index contributed by atoms with van der Waals surface area (Å²) in [5, 5.41) is 2.53. The number of fused-ring (bicyclic) bond motifs is 2. The normalized spacial score (nSPS) is 11.1. The molecule has 4 heteroatoms. The maximum absolute atomic E-state index is 6.10. The van der Waals surface area contributed by atoms with E-state index < -0.39 is 0 Å². The summed E-state index contributed by atoms with van der Waals surface area (Å²) in [7, 11) is 6.16. The zero-order chi connectivity index (χ0) is 19.1. The van der Waals surface area contributed by atoms with E-state index in [0.29, 0.717) is 0 Å². The Kier molecular flexibility index (Phi) is 4.47. The van der Waals surface area contributed by atoms with Gasteiger partial charge in [0, 0.05) is 0 Å². The van der Waals surface area contributed by atoms with E-state index in [2.05, 4.69) is 73.9 Å². The Bertz CT molecular complexity index is 1230. The molecule has 0 radical (unpaired) electrons. The SMILES string of the molecule is C=[N+](C)c1ccc2c(-c3cccc(N)c3)c3ccc(=[N+](C)C)cc-3[se]c2c1. The van der Waals surface area contributed by atoms with Crippen molar-refractivity contribution < 1.29 is 4.58 Å². The predicted octanol–water partition coefficient (Wildman–Crippen LogP) is 3.26. The average molecular weight is 420 g/mol. The number of nitrogens with two attached hydrogens (primary N) is 1. The molecule has 2 aromatic carbocycles. The van der Waals surface area contributed by atoms with E-state index in [-0.39, 0.29) is 14.5 Å². The van der Waals surface area contributed by atoms with Crippen LogP contribution in [0, 0.1) is 0 Å². The molecule has 1 aliphatic heterocycles. The summed E-state index contributed by atoms with van der Waals surface area (Å²) in [6, 6.07) is 21.6. The summed E-state index contributed by atoms with van der Waals surface area (Å²) in [5.41, 5.74) is 11.8. The molecule has 0 bridgehead atoms. The van der Waals surface area contributed by atoms with Gasteiger partial charge in [-0.3, -0.25) is 0 Å². The summed E-state index contributed by atoms with van der Waals surface area (Å²) < 4.78 is 6.87. The first-order valence-electron chi connectivity index (χ1n) is 8.85. The molecule has 0 unspecified atom stereocenters.